The van der Waals surface area contributed by atoms with Crippen molar-refractivity contribution < 1.29 is 19.5 Å². The Hall–Kier alpha value is -2.80. The summed E-state index contributed by atoms with van der Waals surface area (Å²) in [6.07, 6.45) is 0.103. The van der Waals surface area contributed by atoms with Gasteiger partial charge in [0.05, 0.1) is 6.42 Å². The Labute approximate surface area is 175 Å². The summed E-state index contributed by atoms with van der Waals surface area (Å²) in [7, 11) is 1.72. The number of carbonyl (C=O) groups excluding carboxylic acids is 2. The lowest BCUT2D eigenvalue weighted by atomic mass is 10.2. The fourth-order valence-corrected chi connectivity index (χ4v) is 3.56. The molecular weight excluding hydrogens is 388 g/mol. The molecule has 29 heavy (non-hydrogen) atoms. The van der Waals surface area contributed by atoms with Crippen molar-refractivity contribution in [2.24, 2.45) is 0 Å². The Balaban J connectivity index is 1.95. The van der Waals surface area contributed by atoms with Crippen molar-refractivity contribution in [3.8, 4) is 0 Å². The average molecular weight is 415 g/mol. The van der Waals surface area contributed by atoms with Crippen molar-refractivity contribution in [2.45, 2.75) is 6.42 Å². The maximum atomic E-state index is 12.9. The molecule has 0 fully saturated rings. The van der Waals surface area contributed by atoms with E-state index >= 15 is 0 Å². The zero-order chi connectivity index (χ0) is 21.1. The van der Waals surface area contributed by atoms with Gasteiger partial charge in [0.25, 0.3) is 11.8 Å². The number of carbonyl (C=O) groups is 3. The fraction of sp³-hybridized carbons (Fsp3) is 0.318. The minimum atomic E-state index is -0.823. The van der Waals surface area contributed by atoms with Gasteiger partial charge in [0.15, 0.2) is 0 Å². The third-order valence-corrected chi connectivity index (χ3v) is 5.31. The summed E-state index contributed by atoms with van der Waals surface area (Å²) < 4.78 is 0. The van der Waals surface area contributed by atoms with Gasteiger partial charge in [-0.2, -0.15) is 11.8 Å². The lowest BCUT2D eigenvalue weighted by molar-refractivity contribution is -0.136. The number of aliphatic carboxylic acids is 1. The summed E-state index contributed by atoms with van der Waals surface area (Å²) in [6, 6.07) is 18.1. The molecule has 1 N–H and O–H groups in total. The Bertz CT molecular complexity index is 799. The smallest absolute Gasteiger partial charge is 0.304 e. The van der Waals surface area contributed by atoms with Crippen molar-refractivity contribution in [1.29, 1.82) is 0 Å². The van der Waals surface area contributed by atoms with Crippen molar-refractivity contribution in [2.75, 3.05) is 38.2 Å². The Morgan fingerprint density at radius 3 is 1.90 bits per heavy atom. The van der Waals surface area contributed by atoms with Crippen LogP contribution in [0.2, 0.25) is 0 Å². The number of rotatable bonds is 11. The number of carboxylic acids is 1. The lowest BCUT2D eigenvalue weighted by Crippen LogP contribution is -2.40. The maximum absolute atomic E-state index is 12.9. The van der Waals surface area contributed by atoms with E-state index in [4.69, 9.17) is 5.11 Å². The van der Waals surface area contributed by atoms with E-state index in [1.807, 2.05) is 36.4 Å². The van der Waals surface area contributed by atoms with Gasteiger partial charge < -0.3 is 14.9 Å². The highest BCUT2D eigenvalue weighted by Crippen LogP contribution is 2.09. The number of hydrogen-bond acceptors (Lipinski definition) is 4. The molecule has 0 aromatic heterocycles. The van der Waals surface area contributed by atoms with Gasteiger partial charge in [-0.1, -0.05) is 36.4 Å². The monoisotopic (exact) mass is 414 g/mol. The van der Waals surface area contributed by atoms with E-state index in [0.29, 0.717) is 42.3 Å². The van der Waals surface area contributed by atoms with Crippen LogP contribution in [0.15, 0.2) is 60.7 Å². The summed E-state index contributed by atoms with van der Waals surface area (Å²) >= 11 is 1.50. The predicted molar refractivity (Wildman–Crippen MR) is 115 cm³/mol. The van der Waals surface area contributed by atoms with Crippen LogP contribution in [0.1, 0.15) is 27.1 Å². The zero-order valence-electron chi connectivity index (χ0n) is 16.5. The number of nitrogens with zero attached hydrogens (tertiary/aromatic N) is 2. The van der Waals surface area contributed by atoms with Gasteiger partial charge in [-0.3, -0.25) is 14.4 Å². The van der Waals surface area contributed by atoms with E-state index < -0.39 is 5.97 Å². The molecule has 2 aromatic carbocycles. The molecular formula is C22H26N2O4S. The molecule has 0 radical (unpaired) electrons. The number of amides is 2. The molecule has 0 aliphatic rings. The largest absolute Gasteiger partial charge is 0.481 e. The molecule has 0 atom stereocenters. The van der Waals surface area contributed by atoms with Crippen LogP contribution in [-0.4, -0.2) is 70.9 Å². The zero-order valence-corrected chi connectivity index (χ0v) is 17.3. The minimum Gasteiger partial charge on any atom is -0.481 e. The Morgan fingerprint density at radius 1 is 0.793 bits per heavy atom. The molecule has 0 aliphatic carbocycles. The molecule has 0 saturated carbocycles. The summed E-state index contributed by atoms with van der Waals surface area (Å²) in [6.45, 7) is 1.31. The standard InChI is InChI=1S/C22H26N2O4S/c1-23(21(27)18-8-4-2-5-9-18)13-14-24(15-17-29-16-12-20(25)26)22(28)19-10-6-3-7-11-19/h2-11H,12-17H2,1H3,(H,25,26). The van der Waals surface area contributed by atoms with Gasteiger partial charge >= 0.3 is 5.97 Å². The van der Waals surface area contributed by atoms with E-state index in [0.717, 1.165) is 0 Å². The molecule has 2 aromatic rings. The topological polar surface area (TPSA) is 77.9 Å². The molecule has 0 heterocycles. The minimum absolute atomic E-state index is 0.0893. The quantitative estimate of drug-likeness (QED) is 0.572. The van der Waals surface area contributed by atoms with Gasteiger partial charge in [-0.25, -0.2) is 0 Å². The van der Waals surface area contributed by atoms with E-state index in [1.54, 1.807) is 41.1 Å². The first-order chi connectivity index (χ1) is 14.0. The first-order valence-corrected chi connectivity index (χ1v) is 10.6. The molecule has 0 spiro atoms. The van der Waals surface area contributed by atoms with E-state index in [-0.39, 0.29) is 18.2 Å². The predicted octanol–water partition coefficient (Wildman–Crippen LogP) is 3.11. The highest BCUT2D eigenvalue weighted by Gasteiger charge is 2.18. The van der Waals surface area contributed by atoms with Crippen LogP contribution in [0.25, 0.3) is 0 Å². The number of benzene rings is 2. The molecule has 0 aliphatic heterocycles. The normalized spacial score (nSPS) is 10.4. The average Bonchev–Trinajstić information content (AvgIpc) is 2.75. The summed E-state index contributed by atoms with van der Waals surface area (Å²) in [5, 5.41) is 8.73. The molecule has 6 nitrogen and oxygen atoms in total. The van der Waals surface area contributed by atoms with Crippen molar-refractivity contribution in [1.82, 2.24) is 9.80 Å². The van der Waals surface area contributed by atoms with Crippen LogP contribution in [0.4, 0.5) is 0 Å². The van der Waals surface area contributed by atoms with Crippen molar-refractivity contribution in [3.05, 3.63) is 71.8 Å². The Kier molecular flexibility index (Phi) is 9.24. The first-order valence-electron chi connectivity index (χ1n) is 9.43. The second-order valence-electron chi connectivity index (χ2n) is 6.51. The van der Waals surface area contributed by atoms with Crippen LogP contribution in [0.5, 0.6) is 0 Å². The van der Waals surface area contributed by atoms with Crippen LogP contribution in [-0.2, 0) is 4.79 Å². The number of likely N-dealkylation sites (N-methyl/N-ethyl adjacent to an activating group) is 1. The van der Waals surface area contributed by atoms with Gasteiger partial charge in [-0.05, 0) is 24.3 Å². The van der Waals surface area contributed by atoms with Crippen molar-refractivity contribution in [3.63, 3.8) is 0 Å². The maximum Gasteiger partial charge on any atom is 0.304 e. The van der Waals surface area contributed by atoms with E-state index in [2.05, 4.69) is 0 Å². The van der Waals surface area contributed by atoms with Gasteiger partial charge in [-0.15, -0.1) is 0 Å². The SMILES string of the molecule is CN(CCN(CCSCCC(=O)O)C(=O)c1ccccc1)C(=O)c1ccccc1. The number of thioether (sulfide) groups is 1. The molecule has 0 saturated heterocycles. The van der Waals surface area contributed by atoms with Crippen LogP contribution >= 0.6 is 11.8 Å². The van der Waals surface area contributed by atoms with Crippen LogP contribution < -0.4 is 0 Å². The van der Waals surface area contributed by atoms with E-state index in [1.165, 1.54) is 11.8 Å². The third kappa shape index (κ3) is 7.62. The highest BCUT2D eigenvalue weighted by atomic mass is 32.2. The lowest BCUT2D eigenvalue weighted by Gasteiger charge is -2.26. The molecule has 2 rings (SSSR count). The summed E-state index contributed by atoms with van der Waals surface area (Å²) in [5.41, 5.74) is 1.21. The van der Waals surface area contributed by atoms with Crippen LogP contribution in [0.3, 0.4) is 0 Å². The molecule has 154 valence electrons. The molecule has 0 unspecified atom stereocenters. The fourth-order valence-electron chi connectivity index (χ4n) is 2.69. The first kappa shape index (κ1) is 22.5. The highest BCUT2D eigenvalue weighted by molar-refractivity contribution is 7.99. The van der Waals surface area contributed by atoms with Crippen LogP contribution in [0, 0.1) is 0 Å². The number of carboxylic acid groups (broad SMARTS) is 1. The molecule has 0 bridgehead atoms. The summed E-state index contributed by atoms with van der Waals surface area (Å²) in [5.74, 6) is 0.145. The number of hydrogen-bond donors (Lipinski definition) is 1. The third-order valence-electron chi connectivity index (χ3n) is 4.35. The van der Waals surface area contributed by atoms with Crippen molar-refractivity contribution >= 4 is 29.5 Å². The second-order valence-corrected chi connectivity index (χ2v) is 7.73. The molecule has 2 amide bonds. The summed E-state index contributed by atoms with van der Waals surface area (Å²) in [4.78, 5) is 39.4. The Morgan fingerprint density at radius 2 is 1.34 bits per heavy atom. The van der Waals surface area contributed by atoms with Gasteiger partial charge in [0, 0.05) is 49.3 Å². The van der Waals surface area contributed by atoms with E-state index in [9.17, 15) is 14.4 Å². The van der Waals surface area contributed by atoms with Gasteiger partial charge in [0.1, 0.15) is 0 Å². The van der Waals surface area contributed by atoms with Gasteiger partial charge in [0.2, 0.25) is 0 Å². The second kappa shape index (κ2) is 11.9. The molecule has 7 heteroatoms.